The van der Waals surface area contributed by atoms with E-state index in [1.807, 2.05) is 19.9 Å². The maximum Gasteiger partial charge on any atom is 0.287 e. The summed E-state index contributed by atoms with van der Waals surface area (Å²) in [5, 5.41) is 0. The molecule has 0 fully saturated rings. The van der Waals surface area contributed by atoms with E-state index in [0.29, 0.717) is 17.1 Å². The Morgan fingerprint density at radius 2 is 2.11 bits per heavy atom. The fourth-order valence-corrected chi connectivity index (χ4v) is 1.70. The lowest BCUT2D eigenvalue weighted by atomic mass is 10.2. The largest absolute Gasteiger partial charge is 0.491 e. The number of aromatic nitrogens is 2. The van der Waals surface area contributed by atoms with E-state index in [0.717, 1.165) is 0 Å². The van der Waals surface area contributed by atoms with Crippen LogP contribution in [0, 0.1) is 12.7 Å². The van der Waals surface area contributed by atoms with Gasteiger partial charge in [0.25, 0.3) is 5.56 Å². The zero-order valence-corrected chi connectivity index (χ0v) is 11.0. The number of benzene rings is 1. The minimum atomic E-state index is -0.849. The Kier molecular flexibility index (Phi) is 3.64. The van der Waals surface area contributed by atoms with Crippen LogP contribution in [-0.4, -0.2) is 16.1 Å². The fraction of sp³-hybridized carbons (Fsp3) is 0.286. The Labute approximate surface area is 110 Å². The molecule has 2 aromatic rings. The highest BCUT2D eigenvalue weighted by atomic mass is 19.1. The molecule has 0 radical (unpaired) electrons. The highest BCUT2D eigenvalue weighted by Crippen LogP contribution is 2.21. The van der Waals surface area contributed by atoms with Crippen LogP contribution in [0.4, 0.5) is 4.39 Å². The van der Waals surface area contributed by atoms with Crippen LogP contribution in [0.2, 0.25) is 0 Å². The summed E-state index contributed by atoms with van der Waals surface area (Å²) in [4.78, 5) is 17.8. The zero-order valence-electron chi connectivity index (χ0n) is 11.0. The van der Waals surface area contributed by atoms with E-state index in [1.165, 1.54) is 6.92 Å². The Hall–Kier alpha value is -2.17. The molecule has 100 valence electrons. The van der Waals surface area contributed by atoms with Crippen molar-refractivity contribution in [3.8, 4) is 17.1 Å². The molecule has 1 heterocycles. The van der Waals surface area contributed by atoms with E-state index in [-0.39, 0.29) is 11.8 Å². The smallest absolute Gasteiger partial charge is 0.287 e. The van der Waals surface area contributed by atoms with E-state index >= 15 is 0 Å². The number of H-pyrrole nitrogens is 1. The number of aryl methyl sites for hydroxylation is 1. The molecule has 0 spiro atoms. The third kappa shape index (κ3) is 2.99. The first-order chi connectivity index (χ1) is 8.97. The van der Waals surface area contributed by atoms with Crippen LogP contribution in [0.1, 0.15) is 19.5 Å². The van der Waals surface area contributed by atoms with Gasteiger partial charge in [-0.15, -0.1) is 0 Å². The van der Waals surface area contributed by atoms with Crippen molar-refractivity contribution in [3.63, 3.8) is 0 Å². The van der Waals surface area contributed by atoms with Gasteiger partial charge in [-0.05, 0) is 32.9 Å². The highest BCUT2D eigenvalue weighted by Gasteiger charge is 2.09. The number of halogens is 1. The Bertz CT molecular complexity index is 650. The molecule has 1 N–H and O–H groups in total. The third-order valence-corrected chi connectivity index (χ3v) is 2.51. The van der Waals surface area contributed by atoms with Crippen LogP contribution >= 0.6 is 0 Å². The monoisotopic (exact) mass is 262 g/mol. The van der Waals surface area contributed by atoms with Gasteiger partial charge in [0.05, 0.1) is 11.8 Å². The number of ether oxygens (including phenoxy) is 1. The summed E-state index contributed by atoms with van der Waals surface area (Å²) in [6, 6.07) is 7.15. The molecule has 0 aliphatic heterocycles. The summed E-state index contributed by atoms with van der Waals surface area (Å²) in [6.45, 7) is 5.31. The van der Waals surface area contributed by atoms with E-state index in [4.69, 9.17) is 4.74 Å². The number of hydrogen-bond acceptors (Lipinski definition) is 3. The van der Waals surface area contributed by atoms with Gasteiger partial charge in [0, 0.05) is 5.56 Å². The lowest BCUT2D eigenvalue weighted by Gasteiger charge is -2.10. The lowest BCUT2D eigenvalue weighted by Crippen LogP contribution is -2.15. The number of nitrogens with zero attached hydrogens (tertiary/aromatic N) is 1. The maximum absolute atomic E-state index is 13.2. The molecule has 2 rings (SSSR count). The number of nitrogens with one attached hydrogen (secondary N) is 1. The average molecular weight is 262 g/mol. The zero-order chi connectivity index (χ0) is 14.0. The molecule has 0 saturated carbocycles. The topological polar surface area (TPSA) is 55.0 Å². The van der Waals surface area contributed by atoms with Crippen molar-refractivity contribution in [2.24, 2.45) is 0 Å². The van der Waals surface area contributed by atoms with Gasteiger partial charge < -0.3 is 9.72 Å². The van der Waals surface area contributed by atoms with Crippen LogP contribution in [0.3, 0.4) is 0 Å². The van der Waals surface area contributed by atoms with E-state index in [9.17, 15) is 9.18 Å². The van der Waals surface area contributed by atoms with Gasteiger partial charge in [0.15, 0.2) is 0 Å². The summed E-state index contributed by atoms with van der Waals surface area (Å²) in [7, 11) is 0. The van der Waals surface area contributed by atoms with Crippen molar-refractivity contribution >= 4 is 0 Å². The Morgan fingerprint density at radius 1 is 1.37 bits per heavy atom. The molecule has 19 heavy (non-hydrogen) atoms. The van der Waals surface area contributed by atoms with Crippen LogP contribution in [0.15, 0.2) is 29.1 Å². The molecule has 0 unspecified atom stereocenters. The summed E-state index contributed by atoms with van der Waals surface area (Å²) in [5.74, 6) is 0.161. The van der Waals surface area contributed by atoms with Gasteiger partial charge in [-0.25, -0.2) is 4.98 Å². The van der Waals surface area contributed by atoms with Crippen LogP contribution < -0.4 is 10.3 Å². The second kappa shape index (κ2) is 5.22. The quantitative estimate of drug-likeness (QED) is 0.925. The van der Waals surface area contributed by atoms with Gasteiger partial charge in [-0.2, -0.15) is 4.39 Å². The molecule has 1 aromatic carbocycles. The van der Waals surface area contributed by atoms with E-state index in [1.54, 1.807) is 18.2 Å². The molecular weight excluding hydrogens is 247 g/mol. The highest BCUT2D eigenvalue weighted by molar-refractivity contribution is 5.57. The summed E-state index contributed by atoms with van der Waals surface area (Å²) in [5.41, 5.74) is -0.00929. The van der Waals surface area contributed by atoms with Crippen LogP contribution in [0.25, 0.3) is 11.4 Å². The Morgan fingerprint density at radius 3 is 2.74 bits per heavy atom. The molecular formula is C14H15FN2O2. The first kappa shape index (κ1) is 13.3. The average Bonchev–Trinajstić information content (AvgIpc) is 2.35. The first-order valence-electron chi connectivity index (χ1n) is 6.01. The molecule has 0 saturated heterocycles. The summed E-state index contributed by atoms with van der Waals surface area (Å²) in [6.07, 6.45) is 0.0530. The predicted molar refractivity (Wildman–Crippen MR) is 70.8 cm³/mol. The van der Waals surface area contributed by atoms with Crippen LogP contribution in [0.5, 0.6) is 5.75 Å². The van der Waals surface area contributed by atoms with Gasteiger partial charge >= 0.3 is 0 Å². The van der Waals surface area contributed by atoms with Gasteiger partial charge in [-0.3, -0.25) is 4.79 Å². The fourth-order valence-electron chi connectivity index (χ4n) is 1.70. The molecule has 0 bridgehead atoms. The minimum Gasteiger partial charge on any atom is -0.491 e. The number of aromatic amines is 1. The van der Waals surface area contributed by atoms with Crippen molar-refractivity contribution in [1.82, 2.24) is 9.97 Å². The molecule has 0 amide bonds. The van der Waals surface area contributed by atoms with Crippen LogP contribution in [-0.2, 0) is 0 Å². The molecule has 0 atom stereocenters. The maximum atomic E-state index is 13.2. The molecule has 0 aliphatic rings. The second-order valence-electron chi connectivity index (χ2n) is 4.51. The van der Waals surface area contributed by atoms with Crippen molar-refractivity contribution in [1.29, 1.82) is 0 Å². The lowest BCUT2D eigenvalue weighted by molar-refractivity contribution is 0.242. The number of rotatable bonds is 3. The summed E-state index contributed by atoms with van der Waals surface area (Å²) >= 11 is 0. The number of hydrogen-bond donors (Lipinski definition) is 1. The second-order valence-corrected chi connectivity index (χ2v) is 4.51. The van der Waals surface area contributed by atoms with E-state index in [2.05, 4.69) is 9.97 Å². The van der Waals surface area contributed by atoms with Crippen molar-refractivity contribution in [2.45, 2.75) is 26.9 Å². The first-order valence-corrected chi connectivity index (χ1v) is 6.01. The normalized spacial score (nSPS) is 10.8. The van der Waals surface area contributed by atoms with Crippen molar-refractivity contribution in [2.75, 3.05) is 0 Å². The summed E-state index contributed by atoms with van der Waals surface area (Å²) < 4.78 is 18.8. The molecule has 1 aromatic heterocycles. The van der Waals surface area contributed by atoms with Gasteiger partial charge in [-0.1, -0.05) is 12.1 Å². The predicted octanol–water partition coefficient (Wildman–Crippen LogP) is 2.67. The van der Waals surface area contributed by atoms with Crippen molar-refractivity contribution < 1.29 is 9.13 Å². The van der Waals surface area contributed by atoms with E-state index < -0.39 is 11.4 Å². The standard InChI is InChI=1S/C14H15FN2O2/c1-8(2)19-11-6-4-5-10(7-11)13-16-9(3)12(15)14(18)17-13/h4-8H,1-3H3,(H,16,17,18). The molecule has 4 nitrogen and oxygen atoms in total. The molecule has 0 aliphatic carbocycles. The van der Waals surface area contributed by atoms with Gasteiger partial charge in [0.1, 0.15) is 11.6 Å². The third-order valence-electron chi connectivity index (χ3n) is 2.51. The molecule has 5 heteroatoms. The minimum absolute atomic E-state index is 0.0530. The SMILES string of the molecule is Cc1nc(-c2cccc(OC(C)C)c2)[nH]c(=O)c1F. The van der Waals surface area contributed by atoms with Gasteiger partial charge in [0.2, 0.25) is 5.82 Å². The Balaban J connectivity index is 2.44. The van der Waals surface area contributed by atoms with Crippen molar-refractivity contribution in [3.05, 3.63) is 46.1 Å².